The number of fused-ring (bicyclic) bond motifs is 1. The van der Waals surface area contributed by atoms with Gasteiger partial charge in [0.05, 0.1) is 37.1 Å². The number of anilines is 1. The van der Waals surface area contributed by atoms with E-state index >= 15 is 0 Å². The van der Waals surface area contributed by atoms with Crippen LogP contribution in [0.25, 0.3) is 22.5 Å². The van der Waals surface area contributed by atoms with Gasteiger partial charge in [-0.15, -0.1) is 0 Å². The summed E-state index contributed by atoms with van der Waals surface area (Å²) in [4.78, 5) is 20.0. The Morgan fingerprint density at radius 3 is 2.75 bits per heavy atom. The number of carbonyl (C=O) groups excluding carboxylic acids is 1. The molecule has 4 rings (SSSR count). The van der Waals surface area contributed by atoms with Crippen molar-refractivity contribution in [1.29, 1.82) is 0 Å². The monoisotopic (exact) mass is 379 g/mol. The molecule has 9 heteroatoms. The summed E-state index contributed by atoms with van der Waals surface area (Å²) in [6.07, 6.45) is 3.25. The lowest BCUT2D eigenvalue weighted by molar-refractivity contribution is 0.0600. The van der Waals surface area contributed by atoms with Crippen LogP contribution in [0, 0.1) is 0 Å². The molecule has 0 amide bonds. The summed E-state index contributed by atoms with van der Waals surface area (Å²) in [6.45, 7) is 0.810. The van der Waals surface area contributed by atoms with Crippen LogP contribution in [0.2, 0.25) is 0 Å². The summed E-state index contributed by atoms with van der Waals surface area (Å²) in [7, 11) is 1.34. The molecule has 1 aromatic carbocycles. The Morgan fingerprint density at radius 2 is 2.04 bits per heavy atom. The summed E-state index contributed by atoms with van der Waals surface area (Å²) < 4.78 is 17.5. The number of ether oxygens (including phenoxy) is 2. The summed E-state index contributed by atoms with van der Waals surface area (Å²) in [5.41, 5.74) is 7.51. The van der Waals surface area contributed by atoms with Crippen LogP contribution in [0.3, 0.4) is 0 Å². The van der Waals surface area contributed by atoms with Gasteiger partial charge in [-0.1, -0.05) is 0 Å². The highest BCUT2D eigenvalue weighted by Gasteiger charge is 2.15. The number of benzene rings is 1. The molecule has 142 valence electrons. The maximum absolute atomic E-state index is 11.5. The molecular formula is C19H17N5O4. The van der Waals surface area contributed by atoms with Gasteiger partial charge < -0.3 is 19.6 Å². The summed E-state index contributed by atoms with van der Waals surface area (Å²) >= 11 is 0. The van der Waals surface area contributed by atoms with Gasteiger partial charge in [0.1, 0.15) is 18.1 Å². The number of esters is 1. The van der Waals surface area contributed by atoms with E-state index in [1.165, 1.54) is 7.11 Å². The molecule has 2 N–H and O–H groups in total. The third-order valence-corrected chi connectivity index (χ3v) is 4.12. The van der Waals surface area contributed by atoms with Crippen LogP contribution in [-0.4, -0.2) is 39.4 Å². The van der Waals surface area contributed by atoms with E-state index < -0.39 is 0 Å². The van der Waals surface area contributed by atoms with Gasteiger partial charge in [0, 0.05) is 0 Å². The maximum Gasteiger partial charge on any atom is 0.337 e. The first-order chi connectivity index (χ1) is 13.7. The standard InChI is InChI=1S/C19H17N5O4/c1-26-18(25)12-4-6-13(7-5-12)27-10-8-24-17-14(11-21-24)16(22-19(20)23-17)15-3-2-9-28-15/h2-7,9,11H,8,10H2,1H3,(H2,20,22,23). The number of rotatable bonds is 6. The van der Waals surface area contributed by atoms with E-state index in [1.54, 1.807) is 53.5 Å². The molecule has 0 aliphatic heterocycles. The number of nitrogens with two attached hydrogens (primary N) is 1. The van der Waals surface area contributed by atoms with Gasteiger partial charge in [0.2, 0.25) is 5.95 Å². The summed E-state index contributed by atoms with van der Waals surface area (Å²) in [5, 5.41) is 5.10. The second kappa shape index (κ2) is 7.39. The average Bonchev–Trinajstić information content (AvgIpc) is 3.38. The molecule has 0 saturated carbocycles. The molecule has 0 aliphatic carbocycles. The fourth-order valence-corrected chi connectivity index (χ4v) is 2.79. The van der Waals surface area contributed by atoms with Crippen LogP contribution in [0.5, 0.6) is 5.75 Å². The molecule has 0 atom stereocenters. The van der Waals surface area contributed by atoms with Crippen LogP contribution >= 0.6 is 0 Å². The lowest BCUT2D eigenvalue weighted by atomic mass is 10.2. The lowest BCUT2D eigenvalue weighted by Gasteiger charge is -2.08. The Kier molecular flexibility index (Phi) is 4.63. The number of aromatic nitrogens is 4. The van der Waals surface area contributed by atoms with Crippen LogP contribution in [0.4, 0.5) is 5.95 Å². The predicted molar refractivity (Wildman–Crippen MR) is 101 cm³/mol. The predicted octanol–water partition coefficient (Wildman–Crippen LogP) is 2.53. The van der Waals surface area contributed by atoms with Crippen molar-refractivity contribution in [2.45, 2.75) is 6.54 Å². The minimum atomic E-state index is -0.390. The minimum Gasteiger partial charge on any atom is -0.492 e. The number of furan rings is 1. The fraction of sp³-hybridized carbons (Fsp3) is 0.158. The van der Waals surface area contributed by atoms with Gasteiger partial charge >= 0.3 is 5.97 Å². The van der Waals surface area contributed by atoms with Crippen molar-refractivity contribution in [2.75, 3.05) is 19.5 Å². The average molecular weight is 379 g/mol. The van der Waals surface area contributed by atoms with Crippen LogP contribution < -0.4 is 10.5 Å². The molecule has 28 heavy (non-hydrogen) atoms. The Morgan fingerprint density at radius 1 is 1.21 bits per heavy atom. The zero-order valence-electron chi connectivity index (χ0n) is 15.0. The van der Waals surface area contributed by atoms with Gasteiger partial charge in [-0.05, 0) is 36.4 Å². The SMILES string of the molecule is COC(=O)c1ccc(OCCn2ncc3c(-c4ccco4)nc(N)nc32)cc1. The molecule has 0 fully saturated rings. The number of hydrogen-bond acceptors (Lipinski definition) is 8. The van der Waals surface area contributed by atoms with Gasteiger partial charge in [-0.3, -0.25) is 0 Å². The number of nitrogen functional groups attached to an aromatic ring is 1. The topological polar surface area (TPSA) is 118 Å². The quantitative estimate of drug-likeness (QED) is 0.508. The Hall–Kier alpha value is -3.88. The van der Waals surface area contributed by atoms with E-state index in [-0.39, 0.29) is 11.9 Å². The van der Waals surface area contributed by atoms with E-state index in [2.05, 4.69) is 19.8 Å². The largest absolute Gasteiger partial charge is 0.492 e. The fourth-order valence-electron chi connectivity index (χ4n) is 2.79. The van der Waals surface area contributed by atoms with E-state index in [0.29, 0.717) is 41.6 Å². The minimum absolute atomic E-state index is 0.139. The van der Waals surface area contributed by atoms with Gasteiger partial charge in [0.15, 0.2) is 11.4 Å². The number of hydrogen-bond donors (Lipinski definition) is 1. The molecule has 3 heterocycles. The second-order valence-corrected chi connectivity index (χ2v) is 5.88. The smallest absolute Gasteiger partial charge is 0.337 e. The Balaban J connectivity index is 1.49. The molecule has 0 spiro atoms. The number of carbonyl (C=O) groups is 1. The second-order valence-electron chi connectivity index (χ2n) is 5.88. The van der Waals surface area contributed by atoms with E-state index in [0.717, 1.165) is 5.39 Å². The molecule has 0 unspecified atom stereocenters. The molecule has 3 aromatic heterocycles. The third-order valence-electron chi connectivity index (χ3n) is 4.12. The van der Waals surface area contributed by atoms with E-state index in [9.17, 15) is 4.79 Å². The first-order valence-corrected chi connectivity index (χ1v) is 8.50. The van der Waals surface area contributed by atoms with Gasteiger partial charge in [-0.25, -0.2) is 14.5 Å². The Labute approximate surface area is 159 Å². The number of methoxy groups -OCH3 is 1. The van der Waals surface area contributed by atoms with Crippen molar-refractivity contribution in [3.8, 4) is 17.2 Å². The highest BCUT2D eigenvalue weighted by Crippen LogP contribution is 2.26. The van der Waals surface area contributed by atoms with Crippen LogP contribution in [-0.2, 0) is 11.3 Å². The van der Waals surface area contributed by atoms with Crippen molar-refractivity contribution in [2.24, 2.45) is 0 Å². The normalized spacial score (nSPS) is 10.9. The van der Waals surface area contributed by atoms with E-state index in [4.69, 9.17) is 14.9 Å². The van der Waals surface area contributed by atoms with Crippen molar-refractivity contribution in [1.82, 2.24) is 19.7 Å². The molecule has 0 radical (unpaired) electrons. The Bertz CT molecular complexity index is 1100. The molecule has 4 aromatic rings. The summed E-state index contributed by atoms with van der Waals surface area (Å²) in [5.74, 6) is 0.981. The van der Waals surface area contributed by atoms with Crippen LogP contribution in [0.1, 0.15) is 10.4 Å². The first kappa shape index (κ1) is 17.5. The number of nitrogens with zero attached hydrogens (tertiary/aromatic N) is 4. The molecule has 0 bridgehead atoms. The lowest BCUT2D eigenvalue weighted by Crippen LogP contribution is -2.11. The van der Waals surface area contributed by atoms with Crippen molar-refractivity contribution < 1.29 is 18.7 Å². The first-order valence-electron chi connectivity index (χ1n) is 8.50. The highest BCUT2D eigenvalue weighted by atomic mass is 16.5. The van der Waals surface area contributed by atoms with Crippen LogP contribution in [0.15, 0.2) is 53.3 Å². The zero-order chi connectivity index (χ0) is 19.5. The molecule has 0 saturated heterocycles. The zero-order valence-corrected chi connectivity index (χ0v) is 15.0. The molecule has 9 nitrogen and oxygen atoms in total. The maximum atomic E-state index is 11.5. The van der Waals surface area contributed by atoms with Crippen molar-refractivity contribution in [3.63, 3.8) is 0 Å². The van der Waals surface area contributed by atoms with Gasteiger partial charge in [0.25, 0.3) is 0 Å². The summed E-state index contributed by atoms with van der Waals surface area (Å²) in [6, 6.07) is 10.3. The molecule has 0 aliphatic rings. The highest BCUT2D eigenvalue weighted by molar-refractivity contribution is 5.90. The van der Waals surface area contributed by atoms with E-state index in [1.807, 2.05) is 0 Å². The van der Waals surface area contributed by atoms with Crippen molar-refractivity contribution in [3.05, 3.63) is 54.4 Å². The molecular weight excluding hydrogens is 362 g/mol. The van der Waals surface area contributed by atoms with Gasteiger partial charge in [-0.2, -0.15) is 10.1 Å². The van der Waals surface area contributed by atoms with Crippen molar-refractivity contribution >= 4 is 23.0 Å². The third kappa shape index (κ3) is 3.37.